The lowest BCUT2D eigenvalue weighted by molar-refractivity contribution is -0.129. The third-order valence-electron chi connectivity index (χ3n) is 4.06. The monoisotopic (exact) mass is 306 g/mol. The standard InChI is InChI=1S/C17H26N2OS/c1-4-5-6-7-12-19-16(18-13(2)17(19)20)14-8-10-15(21-3)11-9-14/h8-11,13,16,18H,4-7,12H2,1-3H3. The molecule has 2 rings (SSSR count). The van der Waals surface area contributed by atoms with E-state index in [1.54, 1.807) is 11.8 Å². The summed E-state index contributed by atoms with van der Waals surface area (Å²) in [6.07, 6.45) is 6.87. The number of unbranched alkanes of at least 4 members (excludes halogenated alkanes) is 3. The Balaban J connectivity index is 2.05. The van der Waals surface area contributed by atoms with Crippen LogP contribution in [0.4, 0.5) is 0 Å². The predicted molar refractivity (Wildman–Crippen MR) is 89.4 cm³/mol. The number of rotatable bonds is 7. The van der Waals surface area contributed by atoms with E-state index in [9.17, 15) is 4.79 Å². The minimum atomic E-state index is -0.0820. The molecular weight excluding hydrogens is 280 g/mol. The number of carbonyl (C=O) groups is 1. The Hall–Kier alpha value is -1.00. The van der Waals surface area contributed by atoms with Crippen LogP contribution in [0.1, 0.15) is 51.3 Å². The van der Waals surface area contributed by atoms with E-state index in [0.717, 1.165) is 13.0 Å². The molecule has 116 valence electrons. The summed E-state index contributed by atoms with van der Waals surface area (Å²) in [5.41, 5.74) is 1.18. The molecule has 1 aliphatic heterocycles. The van der Waals surface area contributed by atoms with E-state index in [1.807, 2.05) is 11.8 Å². The molecule has 1 N–H and O–H groups in total. The van der Waals surface area contributed by atoms with E-state index in [1.165, 1.54) is 29.7 Å². The molecule has 1 amide bonds. The van der Waals surface area contributed by atoms with Gasteiger partial charge in [-0.3, -0.25) is 10.1 Å². The third-order valence-corrected chi connectivity index (χ3v) is 4.80. The average molecular weight is 306 g/mol. The Morgan fingerprint density at radius 2 is 1.90 bits per heavy atom. The van der Waals surface area contributed by atoms with Crippen molar-refractivity contribution in [2.45, 2.75) is 56.6 Å². The number of nitrogens with one attached hydrogen (secondary N) is 1. The highest BCUT2D eigenvalue weighted by molar-refractivity contribution is 7.98. The maximum absolute atomic E-state index is 12.3. The minimum Gasteiger partial charge on any atom is -0.322 e. The summed E-state index contributed by atoms with van der Waals surface area (Å²) >= 11 is 1.74. The van der Waals surface area contributed by atoms with Crippen LogP contribution < -0.4 is 5.32 Å². The minimum absolute atomic E-state index is 0.0324. The fourth-order valence-corrected chi connectivity index (χ4v) is 3.19. The average Bonchev–Trinajstić information content (AvgIpc) is 2.80. The van der Waals surface area contributed by atoms with Crippen LogP contribution in [0.15, 0.2) is 29.2 Å². The van der Waals surface area contributed by atoms with E-state index >= 15 is 0 Å². The molecule has 21 heavy (non-hydrogen) atoms. The smallest absolute Gasteiger partial charge is 0.241 e. The van der Waals surface area contributed by atoms with Crippen molar-refractivity contribution in [3.63, 3.8) is 0 Å². The maximum atomic E-state index is 12.3. The molecule has 4 heteroatoms. The van der Waals surface area contributed by atoms with Crippen molar-refractivity contribution in [3.8, 4) is 0 Å². The number of hydrogen-bond acceptors (Lipinski definition) is 3. The van der Waals surface area contributed by atoms with E-state index < -0.39 is 0 Å². The lowest BCUT2D eigenvalue weighted by atomic mass is 10.1. The quantitative estimate of drug-likeness (QED) is 0.614. The fourth-order valence-electron chi connectivity index (χ4n) is 2.78. The maximum Gasteiger partial charge on any atom is 0.241 e. The van der Waals surface area contributed by atoms with Crippen molar-refractivity contribution in [1.29, 1.82) is 0 Å². The first-order chi connectivity index (χ1) is 10.2. The molecule has 1 aliphatic rings. The van der Waals surface area contributed by atoms with Gasteiger partial charge in [-0.25, -0.2) is 0 Å². The number of hydrogen-bond donors (Lipinski definition) is 1. The molecule has 1 aromatic rings. The van der Waals surface area contributed by atoms with Crippen LogP contribution in [0.25, 0.3) is 0 Å². The van der Waals surface area contributed by atoms with Gasteiger partial charge in [-0.05, 0) is 37.3 Å². The SMILES string of the molecule is CCCCCCN1C(=O)C(C)NC1c1ccc(SC)cc1. The first-order valence-electron chi connectivity index (χ1n) is 7.88. The summed E-state index contributed by atoms with van der Waals surface area (Å²) in [6, 6.07) is 8.44. The molecule has 0 aliphatic carbocycles. The molecule has 2 atom stereocenters. The molecule has 1 heterocycles. The van der Waals surface area contributed by atoms with Gasteiger partial charge in [0.15, 0.2) is 0 Å². The first kappa shape index (κ1) is 16.4. The van der Waals surface area contributed by atoms with Crippen LogP contribution in [0, 0.1) is 0 Å². The van der Waals surface area contributed by atoms with Crippen LogP contribution in [-0.4, -0.2) is 29.6 Å². The van der Waals surface area contributed by atoms with Gasteiger partial charge >= 0.3 is 0 Å². The van der Waals surface area contributed by atoms with Gasteiger partial charge < -0.3 is 4.90 Å². The number of amides is 1. The molecule has 0 aromatic heterocycles. The Bertz CT molecular complexity index is 460. The van der Waals surface area contributed by atoms with Crippen molar-refractivity contribution in [1.82, 2.24) is 10.2 Å². The van der Waals surface area contributed by atoms with Gasteiger partial charge in [0.05, 0.1) is 6.04 Å². The van der Waals surface area contributed by atoms with Crippen LogP contribution in [-0.2, 0) is 4.79 Å². The Morgan fingerprint density at radius 3 is 2.52 bits per heavy atom. The van der Waals surface area contributed by atoms with Crippen LogP contribution in [0.5, 0.6) is 0 Å². The zero-order valence-electron chi connectivity index (χ0n) is 13.3. The van der Waals surface area contributed by atoms with Gasteiger partial charge in [0.25, 0.3) is 0 Å². The predicted octanol–water partition coefficient (Wildman–Crippen LogP) is 3.81. The molecular formula is C17H26N2OS. The zero-order chi connectivity index (χ0) is 15.2. The second-order valence-electron chi connectivity index (χ2n) is 5.66. The Morgan fingerprint density at radius 1 is 1.19 bits per heavy atom. The largest absolute Gasteiger partial charge is 0.322 e. The van der Waals surface area contributed by atoms with Gasteiger partial charge in [0.1, 0.15) is 6.17 Å². The summed E-state index contributed by atoms with van der Waals surface area (Å²) in [4.78, 5) is 15.6. The molecule has 0 spiro atoms. The lowest BCUT2D eigenvalue weighted by Gasteiger charge is -2.24. The molecule has 0 radical (unpaired) electrons. The molecule has 0 saturated carbocycles. The number of nitrogens with zero attached hydrogens (tertiary/aromatic N) is 1. The second kappa shape index (κ2) is 7.85. The summed E-state index contributed by atoms with van der Waals surface area (Å²) in [5.74, 6) is 0.227. The molecule has 1 fully saturated rings. The van der Waals surface area contributed by atoms with Crippen LogP contribution >= 0.6 is 11.8 Å². The van der Waals surface area contributed by atoms with Gasteiger partial charge in [-0.15, -0.1) is 11.8 Å². The third kappa shape index (κ3) is 4.01. The highest BCUT2D eigenvalue weighted by Gasteiger charge is 2.36. The Kier molecular flexibility index (Phi) is 6.12. The highest BCUT2D eigenvalue weighted by atomic mass is 32.2. The highest BCUT2D eigenvalue weighted by Crippen LogP contribution is 2.27. The molecule has 0 bridgehead atoms. The van der Waals surface area contributed by atoms with Gasteiger partial charge in [-0.2, -0.15) is 0 Å². The van der Waals surface area contributed by atoms with E-state index in [0.29, 0.717) is 0 Å². The number of thioether (sulfide) groups is 1. The fraction of sp³-hybridized carbons (Fsp3) is 0.588. The van der Waals surface area contributed by atoms with Crippen molar-refractivity contribution >= 4 is 17.7 Å². The summed E-state index contributed by atoms with van der Waals surface area (Å²) in [6.45, 7) is 5.02. The van der Waals surface area contributed by atoms with Crippen molar-refractivity contribution < 1.29 is 4.79 Å². The lowest BCUT2D eigenvalue weighted by Crippen LogP contribution is -2.31. The van der Waals surface area contributed by atoms with E-state index in [-0.39, 0.29) is 18.1 Å². The zero-order valence-corrected chi connectivity index (χ0v) is 14.1. The second-order valence-corrected chi connectivity index (χ2v) is 6.54. The van der Waals surface area contributed by atoms with Crippen molar-refractivity contribution in [2.75, 3.05) is 12.8 Å². The van der Waals surface area contributed by atoms with Crippen molar-refractivity contribution in [3.05, 3.63) is 29.8 Å². The van der Waals surface area contributed by atoms with Crippen LogP contribution in [0.3, 0.4) is 0 Å². The topological polar surface area (TPSA) is 32.3 Å². The Labute approximate surface area is 132 Å². The summed E-state index contributed by atoms with van der Waals surface area (Å²) in [7, 11) is 0. The normalized spacial score (nSPS) is 22.0. The molecule has 3 nitrogen and oxygen atoms in total. The molecule has 2 unspecified atom stereocenters. The van der Waals surface area contributed by atoms with Gasteiger partial charge in [-0.1, -0.05) is 38.3 Å². The van der Waals surface area contributed by atoms with E-state index in [4.69, 9.17) is 0 Å². The molecule has 1 aromatic carbocycles. The first-order valence-corrected chi connectivity index (χ1v) is 9.10. The van der Waals surface area contributed by atoms with Crippen molar-refractivity contribution in [2.24, 2.45) is 0 Å². The van der Waals surface area contributed by atoms with Gasteiger partial charge in [0.2, 0.25) is 5.91 Å². The number of carbonyl (C=O) groups excluding carboxylic acids is 1. The summed E-state index contributed by atoms with van der Waals surface area (Å²) < 4.78 is 0. The molecule has 1 saturated heterocycles. The summed E-state index contributed by atoms with van der Waals surface area (Å²) in [5, 5.41) is 3.42. The van der Waals surface area contributed by atoms with Crippen LogP contribution in [0.2, 0.25) is 0 Å². The van der Waals surface area contributed by atoms with Gasteiger partial charge in [0, 0.05) is 11.4 Å². The number of benzene rings is 1. The van der Waals surface area contributed by atoms with E-state index in [2.05, 4.69) is 42.8 Å².